The largest absolute Gasteiger partial charge is 0.497 e. The predicted molar refractivity (Wildman–Crippen MR) is 116 cm³/mol. The molecule has 0 radical (unpaired) electrons. The number of hydrogen-bond donors (Lipinski definition) is 2. The van der Waals surface area contributed by atoms with Crippen molar-refractivity contribution in [1.29, 1.82) is 0 Å². The highest BCUT2D eigenvalue weighted by Gasteiger charge is 2.45. The maximum atomic E-state index is 14.5. The van der Waals surface area contributed by atoms with Gasteiger partial charge in [0.1, 0.15) is 11.5 Å². The first-order valence-corrected chi connectivity index (χ1v) is 10.6. The molecular formula is C21H16F2N2O4S2. The Morgan fingerprint density at radius 3 is 1.65 bits per heavy atom. The van der Waals surface area contributed by atoms with Crippen LogP contribution in [0, 0.1) is 0 Å². The number of methoxy groups -OCH3 is 2. The summed E-state index contributed by atoms with van der Waals surface area (Å²) in [6, 6.07) is 10.3. The smallest absolute Gasteiger partial charge is 0.370 e. The Bertz CT molecular complexity index is 1060. The predicted octanol–water partition coefficient (Wildman–Crippen LogP) is 4.90. The Labute approximate surface area is 185 Å². The molecule has 10 heteroatoms. The molecule has 2 aliphatic heterocycles. The number of carbonyl (C=O) groups excluding carboxylic acids is 2. The number of rotatable bonds is 6. The van der Waals surface area contributed by atoms with Gasteiger partial charge in [-0.2, -0.15) is 8.78 Å². The van der Waals surface area contributed by atoms with Crippen molar-refractivity contribution in [3.05, 3.63) is 58.6 Å². The van der Waals surface area contributed by atoms with Gasteiger partial charge in [0.05, 0.1) is 35.7 Å². The van der Waals surface area contributed by atoms with Gasteiger partial charge in [0, 0.05) is 21.9 Å². The third-order valence-electron chi connectivity index (χ3n) is 4.48. The van der Waals surface area contributed by atoms with E-state index < -0.39 is 17.5 Å². The number of thioether (sulfide) groups is 2. The zero-order valence-electron chi connectivity index (χ0n) is 16.3. The van der Waals surface area contributed by atoms with Crippen molar-refractivity contribution in [2.45, 2.75) is 15.7 Å². The zero-order valence-corrected chi connectivity index (χ0v) is 18.0. The van der Waals surface area contributed by atoms with Gasteiger partial charge < -0.3 is 20.1 Å². The zero-order chi connectivity index (χ0) is 22.2. The van der Waals surface area contributed by atoms with Crippen LogP contribution >= 0.6 is 23.5 Å². The molecule has 0 saturated heterocycles. The van der Waals surface area contributed by atoms with E-state index in [0.29, 0.717) is 22.9 Å². The van der Waals surface area contributed by atoms with Gasteiger partial charge in [-0.25, -0.2) is 0 Å². The van der Waals surface area contributed by atoms with Gasteiger partial charge in [-0.3, -0.25) is 9.59 Å². The lowest BCUT2D eigenvalue weighted by molar-refractivity contribution is -0.150. The Hall–Kier alpha value is -2.98. The van der Waals surface area contributed by atoms with E-state index in [2.05, 4.69) is 10.6 Å². The molecule has 31 heavy (non-hydrogen) atoms. The van der Waals surface area contributed by atoms with Gasteiger partial charge in [-0.1, -0.05) is 23.5 Å². The van der Waals surface area contributed by atoms with Crippen LogP contribution in [0.25, 0.3) is 0 Å². The summed E-state index contributed by atoms with van der Waals surface area (Å²) < 4.78 is 39.3. The van der Waals surface area contributed by atoms with E-state index in [0.717, 1.165) is 45.5 Å². The first-order chi connectivity index (χ1) is 14.8. The monoisotopic (exact) mass is 462 g/mol. The van der Waals surface area contributed by atoms with Gasteiger partial charge in [0.25, 0.3) is 0 Å². The highest BCUT2D eigenvalue weighted by atomic mass is 32.2. The molecular weight excluding hydrogens is 446 g/mol. The number of nitrogens with one attached hydrogen (secondary N) is 2. The average molecular weight is 462 g/mol. The fraction of sp³-hybridized carbons (Fsp3) is 0.143. The first kappa shape index (κ1) is 21.3. The topological polar surface area (TPSA) is 76.7 Å². The summed E-state index contributed by atoms with van der Waals surface area (Å²) in [6.07, 6.45) is 1.50. The fourth-order valence-electron chi connectivity index (χ4n) is 2.86. The van der Waals surface area contributed by atoms with E-state index in [1.54, 1.807) is 36.4 Å². The summed E-state index contributed by atoms with van der Waals surface area (Å²) >= 11 is 2.22. The molecule has 0 bridgehead atoms. The molecule has 2 heterocycles. The quantitative estimate of drug-likeness (QED) is 0.464. The van der Waals surface area contributed by atoms with Crippen LogP contribution in [0.2, 0.25) is 0 Å². The van der Waals surface area contributed by atoms with Crippen LogP contribution in [0.15, 0.2) is 68.4 Å². The Morgan fingerprint density at radius 1 is 0.839 bits per heavy atom. The minimum absolute atomic E-state index is 0.209. The number of ether oxygens (including phenoxy) is 2. The van der Waals surface area contributed by atoms with Crippen molar-refractivity contribution in [1.82, 2.24) is 0 Å². The molecule has 0 aromatic heterocycles. The summed E-state index contributed by atoms with van der Waals surface area (Å²) in [5, 5.41) is 6.18. The molecule has 6 nitrogen and oxygen atoms in total. The van der Waals surface area contributed by atoms with Gasteiger partial charge in [-0.15, -0.1) is 0 Å². The average Bonchev–Trinajstić information content (AvgIpc) is 3.34. The van der Waals surface area contributed by atoms with Crippen LogP contribution in [0.1, 0.15) is 0 Å². The third kappa shape index (κ3) is 4.26. The molecule has 2 aliphatic rings. The van der Waals surface area contributed by atoms with Gasteiger partial charge >= 0.3 is 5.92 Å². The Morgan fingerprint density at radius 2 is 1.26 bits per heavy atom. The van der Waals surface area contributed by atoms with Crippen molar-refractivity contribution in [2.24, 2.45) is 0 Å². The van der Waals surface area contributed by atoms with Crippen LogP contribution in [0.5, 0.6) is 11.5 Å². The Balaban J connectivity index is 1.47. The van der Waals surface area contributed by atoms with Crippen LogP contribution in [-0.4, -0.2) is 31.7 Å². The number of benzene rings is 2. The van der Waals surface area contributed by atoms with Gasteiger partial charge in [0.2, 0.25) is 11.6 Å². The number of carbonyl (C=O) groups is 2. The molecule has 2 aromatic rings. The van der Waals surface area contributed by atoms with Crippen LogP contribution in [0.4, 0.5) is 20.2 Å². The molecule has 0 saturated carbocycles. The van der Waals surface area contributed by atoms with E-state index >= 15 is 0 Å². The summed E-state index contributed by atoms with van der Waals surface area (Å²) in [6.45, 7) is 0. The van der Waals surface area contributed by atoms with Crippen molar-refractivity contribution >= 4 is 46.5 Å². The van der Waals surface area contributed by atoms with Crippen LogP contribution in [-0.2, 0) is 9.59 Å². The minimum atomic E-state index is -4.19. The maximum absolute atomic E-state index is 14.5. The second kappa shape index (κ2) is 8.27. The van der Waals surface area contributed by atoms with Crippen molar-refractivity contribution < 1.29 is 27.8 Å². The van der Waals surface area contributed by atoms with E-state index in [-0.39, 0.29) is 10.1 Å². The molecule has 0 unspecified atom stereocenters. The molecule has 0 aliphatic carbocycles. The molecule has 0 spiro atoms. The molecule has 0 fully saturated rings. The second-order valence-corrected chi connectivity index (χ2v) is 8.67. The summed E-state index contributed by atoms with van der Waals surface area (Å²) in [5.41, 5.74) is 1.34. The van der Waals surface area contributed by atoms with Crippen molar-refractivity contribution in [3.8, 4) is 11.5 Å². The molecule has 160 valence electrons. The number of halogens is 2. The number of hydrogen-bond acceptors (Lipinski definition) is 8. The number of allylic oxidation sites excluding steroid dienone is 2. The summed E-state index contributed by atoms with van der Waals surface area (Å²) in [7, 11) is 3.03. The minimum Gasteiger partial charge on any atom is -0.497 e. The SMILES string of the molecule is COc1ccc2c(c1)SC(=CC(=O)C(F)(F)C(=O)C=C1Nc3ccc(OC)cc3S1)N2. The molecule has 4 rings (SSSR count). The number of anilines is 2. The molecule has 0 atom stereocenters. The maximum Gasteiger partial charge on any atom is 0.370 e. The number of alkyl halides is 2. The van der Waals surface area contributed by atoms with Crippen LogP contribution in [0.3, 0.4) is 0 Å². The number of ketones is 2. The van der Waals surface area contributed by atoms with E-state index in [1.165, 1.54) is 14.2 Å². The summed E-state index contributed by atoms with van der Waals surface area (Å²) in [4.78, 5) is 25.9. The van der Waals surface area contributed by atoms with Crippen molar-refractivity contribution in [3.63, 3.8) is 0 Å². The number of fused-ring (bicyclic) bond motifs is 2. The molecule has 2 N–H and O–H groups in total. The Kier molecular flexibility index (Phi) is 5.67. The fourth-order valence-corrected chi connectivity index (χ4v) is 4.80. The normalized spacial score (nSPS) is 17.0. The second-order valence-electron chi connectivity index (χ2n) is 6.50. The van der Waals surface area contributed by atoms with Crippen LogP contribution < -0.4 is 20.1 Å². The standard InChI is InChI=1S/C21H16F2N2O4S2/c1-28-11-3-5-13-15(7-11)30-19(24-13)9-17(26)21(22,23)18(27)10-20-25-14-6-4-12(29-2)8-16(14)31-20/h3-10,24-25H,1-2H3. The highest BCUT2D eigenvalue weighted by Crippen LogP contribution is 2.44. The lowest BCUT2D eigenvalue weighted by Crippen LogP contribution is -2.36. The lowest BCUT2D eigenvalue weighted by Gasteiger charge is -2.10. The highest BCUT2D eigenvalue weighted by molar-refractivity contribution is 8.04. The third-order valence-corrected chi connectivity index (χ3v) is 6.47. The molecule has 2 aromatic carbocycles. The lowest BCUT2D eigenvalue weighted by atomic mass is 10.1. The summed E-state index contributed by atoms with van der Waals surface area (Å²) in [5.74, 6) is -6.16. The first-order valence-electron chi connectivity index (χ1n) is 8.96. The van der Waals surface area contributed by atoms with E-state index in [1.807, 2.05) is 0 Å². The van der Waals surface area contributed by atoms with E-state index in [9.17, 15) is 18.4 Å². The van der Waals surface area contributed by atoms with E-state index in [4.69, 9.17) is 9.47 Å². The van der Waals surface area contributed by atoms with Gasteiger partial charge in [0.15, 0.2) is 0 Å². The molecule has 0 amide bonds. The van der Waals surface area contributed by atoms with Crippen molar-refractivity contribution in [2.75, 3.05) is 24.9 Å². The van der Waals surface area contributed by atoms with Gasteiger partial charge in [-0.05, 0) is 36.4 Å².